The Labute approximate surface area is 148 Å². The van der Waals surface area contributed by atoms with Crippen molar-refractivity contribution in [2.75, 3.05) is 14.2 Å². The predicted octanol–water partition coefficient (Wildman–Crippen LogP) is 3.62. The molecule has 1 heterocycles. The van der Waals surface area contributed by atoms with Gasteiger partial charge in [-0.3, -0.25) is 4.79 Å². The number of methoxy groups -OCH3 is 2. The fourth-order valence-electron chi connectivity index (χ4n) is 2.67. The van der Waals surface area contributed by atoms with Crippen LogP contribution in [0.5, 0.6) is 11.5 Å². The number of fused-ring (bicyclic) bond motifs is 1. The molecule has 5 nitrogen and oxygen atoms in total. The van der Waals surface area contributed by atoms with Gasteiger partial charge in [0.05, 0.1) is 24.4 Å². The van der Waals surface area contributed by atoms with Crippen molar-refractivity contribution in [2.24, 2.45) is 4.99 Å². The summed E-state index contributed by atoms with van der Waals surface area (Å²) >= 11 is 1.27. The summed E-state index contributed by atoms with van der Waals surface area (Å²) in [6.45, 7) is 2.38. The van der Waals surface area contributed by atoms with Crippen LogP contribution in [0.4, 0.5) is 4.39 Å². The minimum atomic E-state index is -0.497. The number of nitrogens with zero attached hydrogens (tertiary/aromatic N) is 2. The van der Waals surface area contributed by atoms with Gasteiger partial charge in [0, 0.05) is 6.54 Å². The molecule has 1 amide bonds. The molecule has 0 saturated carbocycles. The lowest BCUT2D eigenvalue weighted by Crippen LogP contribution is -2.17. The molecule has 0 spiro atoms. The van der Waals surface area contributed by atoms with Crippen molar-refractivity contribution in [1.82, 2.24) is 4.57 Å². The molecular weight excluding hydrogens is 343 g/mol. The minimum absolute atomic E-state index is 0.244. The van der Waals surface area contributed by atoms with Crippen LogP contribution in [0.3, 0.4) is 0 Å². The van der Waals surface area contributed by atoms with Gasteiger partial charge in [-0.25, -0.2) is 4.39 Å². The van der Waals surface area contributed by atoms with Gasteiger partial charge in [0.25, 0.3) is 5.91 Å². The van der Waals surface area contributed by atoms with E-state index in [1.165, 1.54) is 31.6 Å². The number of halogens is 1. The number of carbonyl (C=O) groups excluding carboxylic acids is 1. The molecule has 3 rings (SSSR count). The minimum Gasteiger partial charge on any atom is -0.496 e. The van der Waals surface area contributed by atoms with Crippen LogP contribution >= 0.6 is 11.3 Å². The van der Waals surface area contributed by atoms with E-state index in [4.69, 9.17) is 9.47 Å². The molecule has 0 unspecified atom stereocenters. The maximum atomic E-state index is 14.2. The van der Waals surface area contributed by atoms with E-state index in [0.29, 0.717) is 28.4 Å². The Morgan fingerprint density at radius 3 is 2.40 bits per heavy atom. The van der Waals surface area contributed by atoms with E-state index in [0.717, 1.165) is 4.70 Å². The van der Waals surface area contributed by atoms with Gasteiger partial charge < -0.3 is 14.0 Å². The lowest BCUT2D eigenvalue weighted by Gasteiger charge is -2.09. The van der Waals surface area contributed by atoms with Gasteiger partial charge in [0.1, 0.15) is 22.9 Å². The number of para-hydroxylation sites is 1. The Kier molecular flexibility index (Phi) is 4.85. The number of rotatable bonds is 4. The third kappa shape index (κ3) is 3.02. The molecule has 0 saturated heterocycles. The molecule has 7 heteroatoms. The number of benzene rings is 2. The Morgan fingerprint density at radius 2 is 1.80 bits per heavy atom. The average Bonchev–Trinajstić information content (AvgIpc) is 2.99. The molecule has 0 atom stereocenters. The Hall–Kier alpha value is -2.67. The lowest BCUT2D eigenvalue weighted by atomic mass is 10.1. The maximum absolute atomic E-state index is 14.2. The van der Waals surface area contributed by atoms with Crippen molar-refractivity contribution in [3.63, 3.8) is 0 Å². The second-order valence-corrected chi connectivity index (χ2v) is 6.18. The summed E-state index contributed by atoms with van der Waals surface area (Å²) in [6.07, 6.45) is 0. The van der Waals surface area contributed by atoms with Gasteiger partial charge in [-0.05, 0) is 31.2 Å². The van der Waals surface area contributed by atoms with Gasteiger partial charge in [0.15, 0.2) is 4.80 Å². The van der Waals surface area contributed by atoms with Crippen LogP contribution in [0.15, 0.2) is 41.4 Å². The lowest BCUT2D eigenvalue weighted by molar-refractivity contribution is 0.0992. The van der Waals surface area contributed by atoms with Crippen molar-refractivity contribution in [1.29, 1.82) is 0 Å². The van der Waals surface area contributed by atoms with Crippen molar-refractivity contribution in [3.8, 4) is 11.5 Å². The highest BCUT2D eigenvalue weighted by atomic mass is 32.1. The molecule has 25 heavy (non-hydrogen) atoms. The largest absolute Gasteiger partial charge is 0.496 e. The molecule has 0 radical (unpaired) electrons. The van der Waals surface area contributed by atoms with E-state index in [9.17, 15) is 9.18 Å². The van der Waals surface area contributed by atoms with E-state index < -0.39 is 5.91 Å². The first-order chi connectivity index (χ1) is 12.1. The molecule has 0 bridgehead atoms. The first kappa shape index (κ1) is 17.2. The standard InChI is InChI=1S/C18H17FN2O3S/c1-4-21-16-11(19)7-5-10-14(16)25-18(21)20-17(22)15-12(23-2)8-6-9-13(15)24-3/h5-10H,4H2,1-3H3. The summed E-state index contributed by atoms with van der Waals surface area (Å²) in [6, 6.07) is 9.92. The number of aryl methyl sites for hydroxylation is 1. The van der Waals surface area contributed by atoms with Crippen LogP contribution in [0.1, 0.15) is 17.3 Å². The van der Waals surface area contributed by atoms with Crippen molar-refractivity contribution >= 4 is 27.5 Å². The number of aromatic nitrogens is 1. The molecule has 0 N–H and O–H groups in total. The summed E-state index contributed by atoms with van der Waals surface area (Å²) in [5.74, 6) is -0.0743. The zero-order valence-corrected chi connectivity index (χ0v) is 14.9. The Morgan fingerprint density at radius 1 is 1.16 bits per heavy atom. The molecule has 3 aromatic rings. The molecule has 2 aromatic carbocycles. The van der Waals surface area contributed by atoms with Crippen LogP contribution in [-0.2, 0) is 6.54 Å². The fourth-order valence-corrected chi connectivity index (χ4v) is 3.78. The summed E-state index contributed by atoms with van der Waals surface area (Å²) in [4.78, 5) is 17.4. The van der Waals surface area contributed by atoms with E-state index >= 15 is 0 Å². The highest BCUT2D eigenvalue weighted by Crippen LogP contribution is 2.29. The van der Waals surface area contributed by atoms with Crippen LogP contribution in [0.2, 0.25) is 0 Å². The van der Waals surface area contributed by atoms with Gasteiger partial charge >= 0.3 is 0 Å². The highest BCUT2D eigenvalue weighted by Gasteiger charge is 2.18. The highest BCUT2D eigenvalue weighted by molar-refractivity contribution is 7.16. The van der Waals surface area contributed by atoms with Crippen LogP contribution in [0.25, 0.3) is 10.2 Å². The quantitative estimate of drug-likeness (QED) is 0.714. The van der Waals surface area contributed by atoms with E-state index in [1.807, 2.05) is 13.0 Å². The first-order valence-electron chi connectivity index (χ1n) is 7.68. The number of thiazole rings is 1. The summed E-state index contributed by atoms with van der Waals surface area (Å²) < 4.78 is 27.1. The monoisotopic (exact) mass is 360 g/mol. The number of carbonyl (C=O) groups is 1. The van der Waals surface area contributed by atoms with E-state index in [-0.39, 0.29) is 11.4 Å². The number of hydrogen-bond acceptors (Lipinski definition) is 4. The van der Waals surface area contributed by atoms with E-state index in [2.05, 4.69) is 4.99 Å². The van der Waals surface area contributed by atoms with Crippen molar-refractivity contribution in [3.05, 3.63) is 52.6 Å². The van der Waals surface area contributed by atoms with Gasteiger partial charge in [-0.2, -0.15) is 4.99 Å². The smallest absolute Gasteiger partial charge is 0.287 e. The molecule has 0 aliphatic heterocycles. The molecule has 0 aliphatic carbocycles. The molecule has 0 aliphatic rings. The van der Waals surface area contributed by atoms with Gasteiger partial charge in [-0.15, -0.1) is 0 Å². The molecular formula is C18H17FN2O3S. The Balaban J connectivity index is 2.21. The summed E-state index contributed by atoms with van der Waals surface area (Å²) in [5, 5.41) is 0. The second kappa shape index (κ2) is 7.06. The average molecular weight is 360 g/mol. The fraction of sp³-hybridized carbons (Fsp3) is 0.222. The van der Waals surface area contributed by atoms with Gasteiger partial charge in [-0.1, -0.05) is 23.5 Å². The van der Waals surface area contributed by atoms with Crippen LogP contribution in [0, 0.1) is 5.82 Å². The van der Waals surface area contributed by atoms with Gasteiger partial charge in [0.2, 0.25) is 0 Å². The molecule has 1 aromatic heterocycles. The maximum Gasteiger partial charge on any atom is 0.287 e. The third-order valence-electron chi connectivity index (χ3n) is 3.81. The normalized spacial score (nSPS) is 11.8. The topological polar surface area (TPSA) is 52.8 Å². The second-order valence-electron chi connectivity index (χ2n) is 5.17. The van der Waals surface area contributed by atoms with Crippen LogP contribution < -0.4 is 14.3 Å². The molecule has 130 valence electrons. The summed E-state index contributed by atoms with van der Waals surface area (Å²) in [7, 11) is 2.96. The van der Waals surface area contributed by atoms with Crippen LogP contribution in [-0.4, -0.2) is 24.7 Å². The van der Waals surface area contributed by atoms with E-state index in [1.54, 1.807) is 28.8 Å². The zero-order valence-electron chi connectivity index (χ0n) is 14.1. The number of ether oxygens (including phenoxy) is 2. The summed E-state index contributed by atoms with van der Waals surface area (Å²) in [5.41, 5.74) is 0.696. The number of hydrogen-bond donors (Lipinski definition) is 0. The van der Waals surface area contributed by atoms with Crippen molar-refractivity contribution in [2.45, 2.75) is 13.5 Å². The SMILES string of the molecule is CCn1c(=NC(=O)c2c(OC)cccc2OC)sc2cccc(F)c21. The molecule has 0 fully saturated rings. The zero-order chi connectivity index (χ0) is 18.0. The third-order valence-corrected chi connectivity index (χ3v) is 4.85. The van der Waals surface area contributed by atoms with Crippen molar-refractivity contribution < 1.29 is 18.7 Å². The first-order valence-corrected chi connectivity index (χ1v) is 8.50. The number of amides is 1. The Bertz CT molecular complexity index is 985. The predicted molar refractivity (Wildman–Crippen MR) is 94.9 cm³/mol.